The van der Waals surface area contributed by atoms with Gasteiger partial charge in [0.05, 0.1) is 0 Å². The molecule has 0 aliphatic rings. The van der Waals surface area contributed by atoms with Crippen molar-refractivity contribution < 1.29 is 13.6 Å². The third-order valence-electron chi connectivity index (χ3n) is 1.80. The summed E-state index contributed by atoms with van der Waals surface area (Å²) in [6.07, 6.45) is 0.360. The standard InChI is InChI=1S/C11H13F2NO/c1-7(2)5-11(15)14-8-3-4-9(12)10(13)6-8/h3-4,6-7H,5H2,1-2H3,(H,14,15). The van der Waals surface area contributed by atoms with Gasteiger partial charge in [-0.15, -0.1) is 0 Å². The Morgan fingerprint density at radius 3 is 2.53 bits per heavy atom. The van der Waals surface area contributed by atoms with Crippen LogP contribution in [0.15, 0.2) is 18.2 Å². The normalized spacial score (nSPS) is 10.5. The van der Waals surface area contributed by atoms with E-state index in [9.17, 15) is 13.6 Å². The molecule has 1 amide bonds. The Kier molecular flexibility index (Phi) is 3.77. The Morgan fingerprint density at radius 1 is 1.33 bits per heavy atom. The predicted octanol–water partition coefficient (Wildman–Crippen LogP) is 2.95. The molecule has 1 aromatic rings. The first-order valence-electron chi connectivity index (χ1n) is 4.74. The lowest BCUT2D eigenvalue weighted by Gasteiger charge is -2.07. The van der Waals surface area contributed by atoms with Crippen molar-refractivity contribution in [2.45, 2.75) is 20.3 Å². The molecule has 1 N–H and O–H groups in total. The number of anilines is 1. The number of nitrogens with one attached hydrogen (secondary N) is 1. The molecule has 0 aliphatic carbocycles. The number of halogens is 2. The fourth-order valence-electron chi connectivity index (χ4n) is 1.16. The van der Waals surface area contributed by atoms with Crippen LogP contribution in [0.5, 0.6) is 0 Å². The maximum Gasteiger partial charge on any atom is 0.224 e. The predicted molar refractivity (Wildman–Crippen MR) is 54.4 cm³/mol. The van der Waals surface area contributed by atoms with Crippen LogP contribution in [0, 0.1) is 17.6 Å². The SMILES string of the molecule is CC(C)CC(=O)Nc1ccc(F)c(F)c1. The third kappa shape index (κ3) is 3.65. The van der Waals surface area contributed by atoms with Crippen LogP contribution in [0.3, 0.4) is 0 Å². The summed E-state index contributed by atoms with van der Waals surface area (Å²) in [5.74, 6) is -1.85. The first kappa shape index (κ1) is 11.6. The van der Waals surface area contributed by atoms with Crippen LogP contribution in [0.25, 0.3) is 0 Å². The lowest BCUT2D eigenvalue weighted by molar-refractivity contribution is -0.116. The van der Waals surface area contributed by atoms with Gasteiger partial charge in [-0.1, -0.05) is 13.8 Å². The highest BCUT2D eigenvalue weighted by Crippen LogP contribution is 2.13. The molecule has 2 nitrogen and oxygen atoms in total. The number of hydrogen-bond donors (Lipinski definition) is 1. The molecule has 4 heteroatoms. The molecule has 0 unspecified atom stereocenters. The Balaban J connectivity index is 2.65. The van der Waals surface area contributed by atoms with E-state index in [0.29, 0.717) is 6.42 Å². The molecule has 82 valence electrons. The Labute approximate surface area is 87.3 Å². The van der Waals surface area contributed by atoms with E-state index in [-0.39, 0.29) is 17.5 Å². The van der Waals surface area contributed by atoms with Gasteiger partial charge in [-0.2, -0.15) is 0 Å². The maximum absolute atomic E-state index is 12.8. The summed E-state index contributed by atoms with van der Waals surface area (Å²) < 4.78 is 25.3. The Morgan fingerprint density at radius 2 is 2.00 bits per heavy atom. The van der Waals surface area contributed by atoms with Crippen LogP contribution in [0.2, 0.25) is 0 Å². The van der Waals surface area contributed by atoms with E-state index in [4.69, 9.17) is 0 Å². The van der Waals surface area contributed by atoms with Crippen LogP contribution < -0.4 is 5.32 Å². The third-order valence-corrected chi connectivity index (χ3v) is 1.80. The van der Waals surface area contributed by atoms with Gasteiger partial charge in [0.1, 0.15) is 0 Å². The lowest BCUT2D eigenvalue weighted by atomic mass is 10.1. The summed E-state index contributed by atoms with van der Waals surface area (Å²) in [6.45, 7) is 3.82. The van der Waals surface area contributed by atoms with E-state index in [1.165, 1.54) is 6.07 Å². The molecule has 0 radical (unpaired) electrons. The van der Waals surface area contributed by atoms with E-state index in [1.54, 1.807) is 0 Å². The number of carbonyl (C=O) groups is 1. The van der Waals surface area contributed by atoms with Crippen LogP contribution in [-0.2, 0) is 4.79 Å². The van der Waals surface area contributed by atoms with Gasteiger partial charge in [0, 0.05) is 18.2 Å². The van der Waals surface area contributed by atoms with Gasteiger partial charge >= 0.3 is 0 Å². The zero-order valence-corrected chi connectivity index (χ0v) is 8.68. The van der Waals surface area contributed by atoms with Crippen molar-refractivity contribution in [1.29, 1.82) is 0 Å². The quantitative estimate of drug-likeness (QED) is 0.821. The van der Waals surface area contributed by atoms with Gasteiger partial charge in [0.2, 0.25) is 5.91 Å². The molecule has 0 fully saturated rings. The topological polar surface area (TPSA) is 29.1 Å². The first-order valence-corrected chi connectivity index (χ1v) is 4.74. The summed E-state index contributed by atoms with van der Waals surface area (Å²) in [5.41, 5.74) is 0.277. The molecule has 0 saturated carbocycles. The highest BCUT2D eigenvalue weighted by molar-refractivity contribution is 5.90. The van der Waals surface area contributed by atoms with Crippen molar-refractivity contribution >= 4 is 11.6 Å². The smallest absolute Gasteiger partial charge is 0.224 e. The number of benzene rings is 1. The first-order chi connectivity index (χ1) is 6.99. The van der Waals surface area contributed by atoms with Crippen molar-refractivity contribution in [3.8, 4) is 0 Å². The number of amides is 1. The summed E-state index contributed by atoms with van der Waals surface area (Å²) in [6, 6.07) is 3.28. The summed E-state index contributed by atoms with van der Waals surface area (Å²) in [7, 11) is 0. The average molecular weight is 213 g/mol. The van der Waals surface area contributed by atoms with E-state index in [2.05, 4.69) is 5.32 Å². The van der Waals surface area contributed by atoms with Crippen LogP contribution in [0.4, 0.5) is 14.5 Å². The highest BCUT2D eigenvalue weighted by atomic mass is 19.2. The highest BCUT2D eigenvalue weighted by Gasteiger charge is 2.07. The molecule has 15 heavy (non-hydrogen) atoms. The number of carbonyl (C=O) groups excluding carboxylic acids is 1. The van der Waals surface area contributed by atoms with Gasteiger partial charge in [0.15, 0.2) is 11.6 Å². The van der Waals surface area contributed by atoms with Crippen molar-refractivity contribution in [3.63, 3.8) is 0 Å². The van der Waals surface area contributed by atoms with Crippen LogP contribution in [-0.4, -0.2) is 5.91 Å². The summed E-state index contributed by atoms with van der Waals surface area (Å²) in [4.78, 5) is 11.3. The molecule has 0 aliphatic heterocycles. The monoisotopic (exact) mass is 213 g/mol. The largest absolute Gasteiger partial charge is 0.326 e. The van der Waals surface area contributed by atoms with Crippen molar-refractivity contribution in [3.05, 3.63) is 29.8 Å². The number of hydrogen-bond acceptors (Lipinski definition) is 1. The second kappa shape index (κ2) is 4.87. The molecule has 0 bridgehead atoms. The zero-order valence-electron chi connectivity index (χ0n) is 8.68. The van der Waals surface area contributed by atoms with Crippen molar-refractivity contribution in [1.82, 2.24) is 0 Å². The fourth-order valence-corrected chi connectivity index (χ4v) is 1.16. The fraction of sp³-hybridized carbons (Fsp3) is 0.364. The lowest BCUT2D eigenvalue weighted by Crippen LogP contribution is -2.13. The number of rotatable bonds is 3. The molecule has 0 heterocycles. The molecule has 1 aromatic carbocycles. The van der Waals surface area contributed by atoms with Gasteiger partial charge in [-0.25, -0.2) is 8.78 Å². The minimum Gasteiger partial charge on any atom is -0.326 e. The van der Waals surface area contributed by atoms with Gasteiger partial charge in [0.25, 0.3) is 0 Å². The Bertz CT molecular complexity index is 364. The van der Waals surface area contributed by atoms with Crippen LogP contribution in [0.1, 0.15) is 20.3 Å². The summed E-state index contributed by atoms with van der Waals surface area (Å²) >= 11 is 0. The summed E-state index contributed by atoms with van der Waals surface area (Å²) in [5, 5.41) is 2.50. The van der Waals surface area contributed by atoms with Crippen molar-refractivity contribution in [2.24, 2.45) is 5.92 Å². The van der Waals surface area contributed by atoms with Gasteiger partial charge in [-0.3, -0.25) is 4.79 Å². The van der Waals surface area contributed by atoms with Crippen molar-refractivity contribution in [2.75, 3.05) is 5.32 Å². The Hall–Kier alpha value is -1.45. The van der Waals surface area contributed by atoms with E-state index in [1.807, 2.05) is 13.8 Å². The minimum absolute atomic E-state index is 0.198. The molecular weight excluding hydrogens is 200 g/mol. The average Bonchev–Trinajstić information content (AvgIpc) is 2.10. The maximum atomic E-state index is 12.8. The van der Waals surface area contributed by atoms with E-state index in [0.717, 1.165) is 12.1 Å². The molecule has 0 saturated heterocycles. The second-order valence-electron chi connectivity index (χ2n) is 3.78. The van der Waals surface area contributed by atoms with Crippen LogP contribution >= 0.6 is 0 Å². The second-order valence-corrected chi connectivity index (χ2v) is 3.78. The van der Waals surface area contributed by atoms with Gasteiger partial charge < -0.3 is 5.32 Å². The molecule has 1 rings (SSSR count). The minimum atomic E-state index is -0.961. The van der Waals surface area contributed by atoms with E-state index < -0.39 is 11.6 Å². The van der Waals surface area contributed by atoms with Gasteiger partial charge in [-0.05, 0) is 18.1 Å². The molecule has 0 atom stereocenters. The molecule has 0 spiro atoms. The molecule has 0 aromatic heterocycles. The van der Waals surface area contributed by atoms with E-state index >= 15 is 0 Å². The molecular formula is C11H13F2NO. The zero-order chi connectivity index (χ0) is 11.4.